The summed E-state index contributed by atoms with van der Waals surface area (Å²) in [7, 11) is 2.05. The SMILES string of the molecule is CCc1ccc(CC(CCC2CCCCO2)NC)nc1. The minimum atomic E-state index is 0.482. The Hall–Kier alpha value is -0.930. The first-order valence-electron chi connectivity index (χ1n) is 8.04. The molecule has 0 spiro atoms. The van der Waals surface area contributed by atoms with Crippen LogP contribution in [-0.4, -0.2) is 30.8 Å². The molecule has 1 aliphatic heterocycles. The lowest BCUT2D eigenvalue weighted by Gasteiger charge is -2.24. The van der Waals surface area contributed by atoms with Crippen LogP contribution in [0.3, 0.4) is 0 Å². The molecule has 0 amide bonds. The van der Waals surface area contributed by atoms with Crippen molar-refractivity contribution in [3.63, 3.8) is 0 Å². The highest BCUT2D eigenvalue weighted by Crippen LogP contribution is 2.18. The Morgan fingerprint density at radius 1 is 1.40 bits per heavy atom. The zero-order chi connectivity index (χ0) is 14.2. The minimum absolute atomic E-state index is 0.482. The Kier molecular flexibility index (Phi) is 6.48. The molecule has 2 unspecified atom stereocenters. The number of likely N-dealkylation sites (N-methyl/N-ethyl adjacent to an activating group) is 1. The van der Waals surface area contributed by atoms with Gasteiger partial charge in [0.2, 0.25) is 0 Å². The second-order valence-corrected chi connectivity index (χ2v) is 5.77. The van der Waals surface area contributed by atoms with E-state index in [4.69, 9.17) is 4.74 Å². The number of hydrogen-bond donors (Lipinski definition) is 1. The maximum atomic E-state index is 5.81. The Morgan fingerprint density at radius 3 is 2.90 bits per heavy atom. The molecular formula is C17H28N2O. The van der Waals surface area contributed by atoms with Gasteiger partial charge >= 0.3 is 0 Å². The Bertz CT molecular complexity index is 371. The molecule has 2 rings (SSSR count). The number of nitrogens with zero attached hydrogens (tertiary/aromatic N) is 1. The van der Waals surface area contributed by atoms with Gasteiger partial charge < -0.3 is 10.1 Å². The number of nitrogens with one attached hydrogen (secondary N) is 1. The number of pyridine rings is 1. The van der Waals surface area contributed by atoms with Gasteiger partial charge in [-0.1, -0.05) is 13.0 Å². The fourth-order valence-corrected chi connectivity index (χ4v) is 2.81. The molecule has 0 bridgehead atoms. The van der Waals surface area contributed by atoms with Gasteiger partial charge in [-0.05, 0) is 57.2 Å². The van der Waals surface area contributed by atoms with Crippen molar-refractivity contribution in [1.29, 1.82) is 0 Å². The molecule has 1 saturated heterocycles. The molecule has 3 heteroatoms. The van der Waals surface area contributed by atoms with Crippen LogP contribution in [-0.2, 0) is 17.6 Å². The summed E-state index contributed by atoms with van der Waals surface area (Å²) in [5, 5.41) is 3.42. The van der Waals surface area contributed by atoms with Crippen LogP contribution in [0, 0.1) is 0 Å². The monoisotopic (exact) mass is 276 g/mol. The van der Waals surface area contributed by atoms with E-state index in [2.05, 4.69) is 29.4 Å². The normalized spacial score (nSPS) is 20.8. The van der Waals surface area contributed by atoms with Crippen LogP contribution in [0.4, 0.5) is 0 Å². The number of hydrogen-bond acceptors (Lipinski definition) is 3. The molecule has 1 fully saturated rings. The number of aromatic nitrogens is 1. The molecule has 2 atom stereocenters. The zero-order valence-corrected chi connectivity index (χ0v) is 12.9. The highest BCUT2D eigenvalue weighted by molar-refractivity contribution is 5.14. The van der Waals surface area contributed by atoms with E-state index in [1.807, 2.05) is 13.2 Å². The van der Waals surface area contributed by atoms with Crippen molar-refractivity contribution in [2.24, 2.45) is 0 Å². The summed E-state index contributed by atoms with van der Waals surface area (Å²) in [6.45, 7) is 3.12. The third kappa shape index (κ3) is 4.88. The van der Waals surface area contributed by atoms with Crippen molar-refractivity contribution in [2.75, 3.05) is 13.7 Å². The van der Waals surface area contributed by atoms with E-state index in [1.165, 1.54) is 43.4 Å². The van der Waals surface area contributed by atoms with E-state index in [9.17, 15) is 0 Å². The molecule has 1 aliphatic rings. The van der Waals surface area contributed by atoms with Crippen molar-refractivity contribution in [2.45, 2.75) is 64.0 Å². The van der Waals surface area contributed by atoms with E-state index in [0.29, 0.717) is 12.1 Å². The molecule has 2 heterocycles. The van der Waals surface area contributed by atoms with E-state index >= 15 is 0 Å². The van der Waals surface area contributed by atoms with Crippen molar-refractivity contribution >= 4 is 0 Å². The summed E-state index contributed by atoms with van der Waals surface area (Å²) in [4.78, 5) is 4.56. The maximum absolute atomic E-state index is 5.81. The summed E-state index contributed by atoms with van der Waals surface area (Å²) in [6, 6.07) is 4.86. The average molecular weight is 276 g/mol. The topological polar surface area (TPSA) is 34.1 Å². The molecule has 20 heavy (non-hydrogen) atoms. The third-order valence-electron chi connectivity index (χ3n) is 4.27. The second-order valence-electron chi connectivity index (χ2n) is 5.77. The van der Waals surface area contributed by atoms with Crippen molar-refractivity contribution in [3.8, 4) is 0 Å². The van der Waals surface area contributed by atoms with Gasteiger partial charge in [0, 0.05) is 31.0 Å². The summed E-state index contributed by atoms with van der Waals surface area (Å²) >= 11 is 0. The summed E-state index contributed by atoms with van der Waals surface area (Å²) in [6.07, 6.45) is 10.7. The van der Waals surface area contributed by atoms with E-state index in [-0.39, 0.29) is 0 Å². The fourth-order valence-electron chi connectivity index (χ4n) is 2.81. The van der Waals surface area contributed by atoms with Crippen molar-refractivity contribution in [3.05, 3.63) is 29.6 Å². The first kappa shape index (κ1) is 15.5. The summed E-state index contributed by atoms with van der Waals surface area (Å²) in [5.41, 5.74) is 2.50. The van der Waals surface area contributed by atoms with Gasteiger partial charge in [0.25, 0.3) is 0 Å². The average Bonchev–Trinajstić information content (AvgIpc) is 2.53. The molecule has 0 radical (unpaired) electrons. The van der Waals surface area contributed by atoms with Gasteiger partial charge in [0.1, 0.15) is 0 Å². The van der Waals surface area contributed by atoms with Crippen LogP contribution >= 0.6 is 0 Å². The van der Waals surface area contributed by atoms with Crippen LogP contribution in [0.15, 0.2) is 18.3 Å². The summed E-state index contributed by atoms with van der Waals surface area (Å²) in [5.74, 6) is 0. The zero-order valence-electron chi connectivity index (χ0n) is 12.9. The number of aryl methyl sites for hydroxylation is 1. The van der Waals surface area contributed by atoms with Crippen LogP contribution in [0.25, 0.3) is 0 Å². The van der Waals surface area contributed by atoms with Crippen molar-refractivity contribution in [1.82, 2.24) is 10.3 Å². The Labute approximate surface area is 123 Å². The van der Waals surface area contributed by atoms with Crippen LogP contribution in [0.1, 0.15) is 50.3 Å². The standard InChI is InChI=1S/C17H28N2O/c1-3-14-7-8-16(19-13-14)12-15(18-2)9-10-17-6-4-5-11-20-17/h7-8,13,15,17-18H,3-6,9-12H2,1-2H3. The van der Waals surface area contributed by atoms with Gasteiger partial charge in [-0.3, -0.25) is 4.98 Å². The maximum Gasteiger partial charge on any atom is 0.0575 e. The smallest absolute Gasteiger partial charge is 0.0575 e. The lowest BCUT2D eigenvalue weighted by molar-refractivity contribution is 0.00868. The first-order valence-corrected chi connectivity index (χ1v) is 8.04. The largest absolute Gasteiger partial charge is 0.378 e. The van der Waals surface area contributed by atoms with Gasteiger partial charge in [0.15, 0.2) is 0 Å². The highest BCUT2D eigenvalue weighted by atomic mass is 16.5. The van der Waals surface area contributed by atoms with E-state index in [0.717, 1.165) is 19.4 Å². The lowest BCUT2D eigenvalue weighted by atomic mass is 9.99. The highest BCUT2D eigenvalue weighted by Gasteiger charge is 2.16. The minimum Gasteiger partial charge on any atom is -0.378 e. The van der Waals surface area contributed by atoms with Crippen LogP contribution in [0.5, 0.6) is 0 Å². The van der Waals surface area contributed by atoms with Gasteiger partial charge in [-0.2, -0.15) is 0 Å². The Balaban J connectivity index is 1.78. The molecule has 0 aliphatic carbocycles. The lowest BCUT2D eigenvalue weighted by Crippen LogP contribution is -2.30. The quantitative estimate of drug-likeness (QED) is 0.831. The van der Waals surface area contributed by atoms with Gasteiger partial charge in [0.05, 0.1) is 6.10 Å². The molecule has 1 aromatic rings. The molecular weight excluding hydrogens is 248 g/mol. The van der Waals surface area contributed by atoms with Gasteiger partial charge in [-0.15, -0.1) is 0 Å². The molecule has 1 aromatic heterocycles. The van der Waals surface area contributed by atoms with Crippen LogP contribution < -0.4 is 5.32 Å². The fraction of sp³-hybridized carbons (Fsp3) is 0.706. The second kappa shape index (κ2) is 8.38. The predicted octanol–water partition coefficient (Wildman–Crippen LogP) is 3.12. The van der Waals surface area contributed by atoms with E-state index < -0.39 is 0 Å². The van der Waals surface area contributed by atoms with Crippen LogP contribution in [0.2, 0.25) is 0 Å². The number of ether oxygens (including phenoxy) is 1. The van der Waals surface area contributed by atoms with E-state index in [1.54, 1.807) is 0 Å². The third-order valence-corrected chi connectivity index (χ3v) is 4.27. The predicted molar refractivity (Wildman–Crippen MR) is 83.0 cm³/mol. The molecule has 3 nitrogen and oxygen atoms in total. The molecule has 112 valence electrons. The first-order chi connectivity index (χ1) is 9.81. The number of rotatable bonds is 7. The molecule has 0 saturated carbocycles. The van der Waals surface area contributed by atoms with Crippen molar-refractivity contribution < 1.29 is 4.74 Å². The summed E-state index contributed by atoms with van der Waals surface area (Å²) < 4.78 is 5.81. The Morgan fingerprint density at radius 2 is 2.30 bits per heavy atom. The molecule has 0 aromatic carbocycles. The molecule has 1 N–H and O–H groups in total. The van der Waals surface area contributed by atoms with Gasteiger partial charge in [-0.25, -0.2) is 0 Å².